The molecule has 1 rings (SSSR count). The lowest BCUT2D eigenvalue weighted by atomic mass is 10.1. The molecule has 1 radical (unpaired) electrons. The van der Waals surface area contributed by atoms with Crippen LogP contribution in [0.5, 0.6) is 11.5 Å². The number of hydrogen-bond donors (Lipinski definition) is 0. The summed E-state index contributed by atoms with van der Waals surface area (Å²) in [7, 11) is 3.04. The van der Waals surface area contributed by atoms with Gasteiger partial charge in [-0.1, -0.05) is 15.9 Å². The number of alkyl halides is 1. The van der Waals surface area contributed by atoms with Crippen molar-refractivity contribution in [2.75, 3.05) is 19.5 Å². The van der Waals surface area contributed by atoms with Gasteiger partial charge < -0.3 is 9.47 Å². The first-order valence-corrected chi connectivity index (χ1v) is 5.08. The van der Waals surface area contributed by atoms with E-state index in [1.165, 1.54) is 14.2 Å². The minimum Gasteiger partial charge on any atom is -0.496 e. The van der Waals surface area contributed by atoms with E-state index in [2.05, 4.69) is 22.0 Å². The Hall–Kier alpha value is -1.03. The van der Waals surface area contributed by atoms with Crippen molar-refractivity contribution in [1.29, 1.82) is 0 Å². The van der Waals surface area contributed by atoms with Gasteiger partial charge in [0.05, 0.1) is 25.6 Å². The normalized spacial score (nSPS) is 9.64. The molecule has 1 aromatic carbocycles. The van der Waals surface area contributed by atoms with Gasteiger partial charge in [0, 0.05) is 5.56 Å². The monoisotopic (exact) mass is 257 g/mol. The molecule has 0 saturated heterocycles. The molecule has 0 aliphatic carbocycles. The predicted octanol–water partition coefficient (Wildman–Crippen LogP) is 2.08. The smallest absolute Gasteiger partial charge is 0.173 e. The number of rotatable bonds is 4. The maximum atomic E-state index is 11.4. The van der Waals surface area contributed by atoms with Gasteiger partial charge in [0.2, 0.25) is 0 Å². The summed E-state index contributed by atoms with van der Waals surface area (Å²) >= 11 is 3.10. The van der Waals surface area contributed by atoms with Crippen LogP contribution in [-0.4, -0.2) is 25.3 Å². The van der Waals surface area contributed by atoms with Crippen LogP contribution in [0.4, 0.5) is 0 Å². The molecule has 0 spiro atoms. The van der Waals surface area contributed by atoms with E-state index in [0.717, 1.165) is 0 Å². The topological polar surface area (TPSA) is 35.5 Å². The third kappa shape index (κ3) is 2.48. The maximum Gasteiger partial charge on any atom is 0.173 e. The Kier molecular flexibility index (Phi) is 3.95. The Labute approximate surface area is 91.1 Å². The lowest BCUT2D eigenvalue weighted by molar-refractivity contribution is 0.102. The lowest BCUT2D eigenvalue weighted by Crippen LogP contribution is -2.01. The molecule has 75 valence electrons. The van der Waals surface area contributed by atoms with Crippen molar-refractivity contribution in [3.63, 3.8) is 0 Å². The molecule has 0 aliphatic heterocycles. The summed E-state index contributed by atoms with van der Waals surface area (Å²) in [5.41, 5.74) is 0.550. The first-order valence-electron chi connectivity index (χ1n) is 3.95. The minimum atomic E-state index is -0.0180. The number of methoxy groups -OCH3 is 2. The van der Waals surface area contributed by atoms with Gasteiger partial charge in [-0.15, -0.1) is 0 Å². The second-order valence-electron chi connectivity index (χ2n) is 2.56. The fourth-order valence-electron chi connectivity index (χ4n) is 0.976. The number of benzene rings is 1. The molecule has 3 nitrogen and oxygen atoms in total. The number of carbonyl (C=O) groups excluding carboxylic acids is 1. The fraction of sp³-hybridized carbons (Fsp3) is 0.300. The van der Waals surface area contributed by atoms with Crippen LogP contribution in [0.3, 0.4) is 0 Å². The average Bonchev–Trinajstić information content (AvgIpc) is 2.27. The molecular weight excluding hydrogens is 248 g/mol. The third-order valence-electron chi connectivity index (χ3n) is 1.70. The Morgan fingerprint density at radius 3 is 2.21 bits per heavy atom. The van der Waals surface area contributed by atoms with E-state index >= 15 is 0 Å². The van der Waals surface area contributed by atoms with Crippen molar-refractivity contribution in [3.8, 4) is 11.5 Å². The van der Waals surface area contributed by atoms with Crippen LogP contribution in [0, 0.1) is 6.07 Å². The first-order chi connectivity index (χ1) is 6.71. The van der Waals surface area contributed by atoms with Gasteiger partial charge in [-0.3, -0.25) is 4.79 Å². The van der Waals surface area contributed by atoms with Crippen molar-refractivity contribution >= 4 is 21.7 Å². The Morgan fingerprint density at radius 1 is 1.36 bits per heavy atom. The number of halogens is 1. The standard InChI is InChI=1S/C10H10BrO3/c1-13-8-3-7(10(12)6-11)4-9(5-8)14-2/h3-4H,6H2,1-2H3. The van der Waals surface area contributed by atoms with E-state index in [4.69, 9.17) is 9.47 Å². The average molecular weight is 258 g/mol. The number of hydrogen-bond acceptors (Lipinski definition) is 3. The van der Waals surface area contributed by atoms with Crippen LogP contribution in [0.2, 0.25) is 0 Å². The molecule has 0 fully saturated rings. The highest BCUT2D eigenvalue weighted by molar-refractivity contribution is 9.09. The number of carbonyl (C=O) groups is 1. The fourth-order valence-corrected chi connectivity index (χ4v) is 1.30. The van der Waals surface area contributed by atoms with Gasteiger partial charge >= 0.3 is 0 Å². The number of ether oxygens (including phenoxy) is 2. The molecule has 0 aliphatic rings. The Balaban J connectivity index is 3.10. The molecule has 0 N–H and O–H groups in total. The summed E-state index contributed by atoms with van der Waals surface area (Å²) in [5.74, 6) is 0.970. The first kappa shape index (κ1) is 11.0. The van der Waals surface area contributed by atoms with E-state index in [1.54, 1.807) is 12.1 Å². The molecule has 0 bridgehead atoms. The molecule has 0 atom stereocenters. The molecule has 0 unspecified atom stereocenters. The van der Waals surface area contributed by atoms with Gasteiger partial charge in [0.25, 0.3) is 0 Å². The van der Waals surface area contributed by atoms with Crippen LogP contribution in [0.1, 0.15) is 10.4 Å². The Morgan fingerprint density at radius 2 is 1.86 bits per heavy atom. The highest BCUT2D eigenvalue weighted by Gasteiger charge is 2.08. The molecule has 0 aromatic heterocycles. The third-order valence-corrected chi connectivity index (χ3v) is 2.21. The van der Waals surface area contributed by atoms with Crippen molar-refractivity contribution in [2.45, 2.75) is 0 Å². The van der Waals surface area contributed by atoms with E-state index in [0.29, 0.717) is 17.1 Å². The molecule has 0 amide bonds. The SMILES string of the molecule is COc1[c]c(OC)cc(C(=O)CBr)c1. The molecule has 0 heterocycles. The molecular formula is C10H10BrO3. The van der Waals surface area contributed by atoms with Crippen LogP contribution in [0.15, 0.2) is 12.1 Å². The zero-order chi connectivity index (χ0) is 10.6. The number of Topliss-reactive ketones (excluding diaryl/α,β-unsaturated/α-hetero) is 1. The molecule has 14 heavy (non-hydrogen) atoms. The van der Waals surface area contributed by atoms with Crippen LogP contribution < -0.4 is 9.47 Å². The predicted molar refractivity (Wildman–Crippen MR) is 56.5 cm³/mol. The van der Waals surface area contributed by atoms with Gasteiger partial charge in [-0.25, -0.2) is 0 Å². The van der Waals surface area contributed by atoms with Crippen LogP contribution in [0.25, 0.3) is 0 Å². The van der Waals surface area contributed by atoms with Crippen molar-refractivity contribution < 1.29 is 14.3 Å². The van der Waals surface area contributed by atoms with Gasteiger partial charge in [0.1, 0.15) is 11.5 Å². The number of ketones is 1. The van der Waals surface area contributed by atoms with Gasteiger partial charge in [-0.2, -0.15) is 0 Å². The summed E-state index contributed by atoms with van der Waals surface area (Å²) in [6.45, 7) is 0. The summed E-state index contributed by atoms with van der Waals surface area (Å²) in [5, 5.41) is 0.281. The summed E-state index contributed by atoms with van der Waals surface area (Å²) in [6.07, 6.45) is 0. The summed E-state index contributed by atoms with van der Waals surface area (Å²) in [4.78, 5) is 11.4. The maximum absolute atomic E-state index is 11.4. The molecule has 4 heteroatoms. The largest absolute Gasteiger partial charge is 0.496 e. The van der Waals surface area contributed by atoms with E-state index in [1.807, 2.05) is 0 Å². The molecule has 0 saturated carbocycles. The Bertz CT molecular complexity index is 314. The van der Waals surface area contributed by atoms with E-state index in [9.17, 15) is 4.79 Å². The zero-order valence-corrected chi connectivity index (χ0v) is 9.55. The summed E-state index contributed by atoms with van der Waals surface area (Å²) in [6, 6.07) is 6.11. The van der Waals surface area contributed by atoms with E-state index in [-0.39, 0.29) is 11.1 Å². The second kappa shape index (κ2) is 5.00. The van der Waals surface area contributed by atoms with Gasteiger partial charge in [0.15, 0.2) is 5.78 Å². The van der Waals surface area contributed by atoms with Gasteiger partial charge in [-0.05, 0) is 12.1 Å². The second-order valence-corrected chi connectivity index (χ2v) is 3.12. The van der Waals surface area contributed by atoms with Crippen molar-refractivity contribution in [1.82, 2.24) is 0 Å². The quantitative estimate of drug-likeness (QED) is 0.612. The zero-order valence-electron chi connectivity index (χ0n) is 7.96. The van der Waals surface area contributed by atoms with Crippen molar-refractivity contribution in [3.05, 3.63) is 23.8 Å². The lowest BCUT2D eigenvalue weighted by Gasteiger charge is -2.05. The van der Waals surface area contributed by atoms with E-state index < -0.39 is 0 Å². The summed E-state index contributed by atoms with van der Waals surface area (Å²) < 4.78 is 9.98. The highest BCUT2D eigenvalue weighted by atomic mass is 79.9. The minimum absolute atomic E-state index is 0.0180. The highest BCUT2D eigenvalue weighted by Crippen LogP contribution is 2.22. The molecule has 1 aromatic rings. The van der Waals surface area contributed by atoms with Crippen molar-refractivity contribution in [2.24, 2.45) is 0 Å². The van der Waals surface area contributed by atoms with Crippen LogP contribution in [-0.2, 0) is 0 Å². The van der Waals surface area contributed by atoms with Crippen LogP contribution >= 0.6 is 15.9 Å².